The lowest BCUT2D eigenvalue weighted by Crippen LogP contribution is -2.15. The van der Waals surface area contributed by atoms with E-state index in [1.165, 1.54) is 0 Å². The Bertz CT molecular complexity index is 725. The second-order valence-corrected chi connectivity index (χ2v) is 7.11. The highest BCUT2D eigenvalue weighted by molar-refractivity contribution is 7.91. The predicted molar refractivity (Wildman–Crippen MR) is 87.6 cm³/mol. The van der Waals surface area contributed by atoms with E-state index >= 15 is 0 Å². The van der Waals surface area contributed by atoms with Crippen molar-refractivity contribution >= 4 is 21.4 Å². The zero-order chi connectivity index (χ0) is 15.5. The molecule has 0 fully saturated rings. The van der Waals surface area contributed by atoms with Crippen molar-refractivity contribution in [3.63, 3.8) is 0 Å². The third kappa shape index (κ3) is 4.49. The minimum absolute atomic E-state index is 0.0933. The molecule has 0 atom stereocenters. The molecule has 112 valence electrons. The van der Waals surface area contributed by atoms with E-state index in [2.05, 4.69) is 18.6 Å². The third-order valence-electron chi connectivity index (χ3n) is 3.13. The minimum Gasteiger partial charge on any atom is -0.399 e. The van der Waals surface area contributed by atoms with E-state index in [9.17, 15) is 8.42 Å². The number of nitrogen functional groups attached to an aromatic ring is 1. The molecule has 0 aliphatic rings. The molecule has 0 amide bonds. The van der Waals surface area contributed by atoms with Gasteiger partial charge >= 0.3 is 0 Å². The molecule has 0 bridgehead atoms. The summed E-state index contributed by atoms with van der Waals surface area (Å²) in [7, 11) is -3.45. The first-order valence-corrected chi connectivity index (χ1v) is 8.46. The molecule has 0 spiro atoms. The fourth-order valence-corrected chi connectivity index (χ4v) is 3.26. The van der Waals surface area contributed by atoms with Gasteiger partial charge in [-0.2, -0.15) is 0 Å². The van der Waals surface area contributed by atoms with Crippen LogP contribution in [-0.2, 0) is 15.8 Å². The number of anilines is 2. The number of hydrogen-bond acceptors (Lipinski definition) is 3. The molecular formula is C16H20N2O2S. The van der Waals surface area contributed by atoms with Crippen LogP contribution in [0.3, 0.4) is 0 Å². The monoisotopic (exact) mass is 304 g/mol. The van der Waals surface area contributed by atoms with Crippen LogP contribution in [0.4, 0.5) is 11.4 Å². The van der Waals surface area contributed by atoms with Gasteiger partial charge in [0.05, 0.1) is 5.75 Å². The summed E-state index contributed by atoms with van der Waals surface area (Å²) < 4.78 is 27.0. The number of nitrogens with one attached hydrogen (secondary N) is 1. The van der Waals surface area contributed by atoms with Crippen molar-refractivity contribution in [3.05, 3.63) is 59.7 Å². The van der Waals surface area contributed by atoms with Crippen molar-refractivity contribution in [2.24, 2.45) is 0 Å². The van der Waals surface area contributed by atoms with Gasteiger partial charge in [0.2, 0.25) is 10.0 Å². The second kappa shape index (κ2) is 6.18. The van der Waals surface area contributed by atoms with Crippen LogP contribution in [0.5, 0.6) is 0 Å². The summed E-state index contributed by atoms with van der Waals surface area (Å²) in [6.45, 7) is 4.14. The van der Waals surface area contributed by atoms with E-state index < -0.39 is 10.0 Å². The molecule has 0 aliphatic heterocycles. The van der Waals surface area contributed by atoms with Crippen molar-refractivity contribution in [2.45, 2.75) is 25.5 Å². The predicted octanol–water partition coefficient (Wildman–Crippen LogP) is 3.33. The van der Waals surface area contributed by atoms with Crippen molar-refractivity contribution in [2.75, 3.05) is 10.5 Å². The zero-order valence-corrected chi connectivity index (χ0v) is 13.0. The number of sulfonamides is 1. The molecule has 0 aromatic heterocycles. The summed E-state index contributed by atoms with van der Waals surface area (Å²) in [5.74, 6) is 0.257. The first-order valence-electron chi connectivity index (χ1n) is 6.80. The Labute approximate surface area is 126 Å². The molecule has 0 radical (unpaired) electrons. The number of rotatable bonds is 5. The van der Waals surface area contributed by atoms with Crippen LogP contribution < -0.4 is 10.5 Å². The molecule has 2 aromatic carbocycles. The highest BCUT2D eigenvalue weighted by Crippen LogP contribution is 2.20. The van der Waals surface area contributed by atoms with Crippen LogP contribution in [0.1, 0.15) is 30.9 Å². The van der Waals surface area contributed by atoms with Gasteiger partial charge in [0.15, 0.2) is 0 Å². The highest BCUT2D eigenvalue weighted by Gasteiger charge is 2.12. The fraction of sp³-hybridized carbons (Fsp3) is 0.250. The topological polar surface area (TPSA) is 72.2 Å². The fourth-order valence-electron chi connectivity index (χ4n) is 2.08. The Morgan fingerprint density at radius 3 is 2.48 bits per heavy atom. The average molecular weight is 304 g/mol. The first kappa shape index (κ1) is 15.4. The Hall–Kier alpha value is -2.01. The maximum Gasteiger partial charge on any atom is 0.236 e. The largest absolute Gasteiger partial charge is 0.399 e. The van der Waals surface area contributed by atoms with Gasteiger partial charge in [-0.05, 0) is 41.3 Å². The summed E-state index contributed by atoms with van der Waals surface area (Å²) >= 11 is 0. The smallest absolute Gasteiger partial charge is 0.236 e. The summed E-state index contributed by atoms with van der Waals surface area (Å²) in [6, 6.07) is 14.4. The van der Waals surface area contributed by atoms with Crippen LogP contribution in [0.2, 0.25) is 0 Å². The van der Waals surface area contributed by atoms with Gasteiger partial charge in [0.1, 0.15) is 0 Å². The zero-order valence-electron chi connectivity index (χ0n) is 12.2. The Morgan fingerprint density at radius 1 is 1.10 bits per heavy atom. The highest BCUT2D eigenvalue weighted by atomic mass is 32.2. The summed E-state index contributed by atoms with van der Waals surface area (Å²) in [4.78, 5) is 0. The molecule has 21 heavy (non-hydrogen) atoms. The second-order valence-electron chi connectivity index (χ2n) is 5.39. The van der Waals surface area contributed by atoms with Gasteiger partial charge in [-0.25, -0.2) is 8.42 Å². The quantitative estimate of drug-likeness (QED) is 0.832. The third-order valence-corrected chi connectivity index (χ3v) is 4.39. The van der Waals surface area contributed by atoms with Crippen LogP contribution in [0.25, 0.3) is 0 Å². The maximum absolute atomic E-state index is 12.2. The van der Waals surface area contributed by atoms with Gasteiger partial charge in [-0.1, -0.05) is 38.1 Å². The van der Waals surface area contributed by atoms with Crippen molar-refractivity contribution in [1.29, 1.82) is 0 Å². The SMILES string of the molecule is CC(C)c1cccc(NS(=O)(=O)Cc2cccc(N)c2)c1. The van der Waals surface area contributed by atoms with Gasteiger partial charge in [0, 0.05) is 11.4 Å². The number of nitrogens with two attached hydrogens (primary N) is 1. The lowest BCUT2D eigenvalue weighted by atomic mass is 10.0. The summed E-state index contributed by atoms with van der Waals surface area (Å²) in [5, 5.41) is 0. The van der Waals surface area contributed by atoms with Crippen LogP contribution in [0.15, 0.2) is 48.5 Å². The van der Waals surface area contributed by atoms with Crippen LogP contribution in [0, 0.1) is 0 Å². The molecule has 0 saturated carbocycles. The average Bonchev–Trinajstić information content (AvgIpc) is 2.37. The first-order chi connectivity index (χ1) is 9.85. The number of benzene rings is 2. The van der Waals surface area contributed by atoms with Gasteiger partial charge in [-0.3, -0.25) is 4.72 Å². The molecule has 0 unspecified atom stereocenters. The Morgan fingerprint density at radius 2 is 1.81 bits per heavy atom. The van der Waals surface area contributed by atoms with Gasteiger partial charge in [0.25, 0.3) is 0 Å². The minimum atomic E-state index is -3.45. The summed E-state index contributed by atoms with van der Waals surface area (Å²) in [6.07, 6.45) is 0. The standard InChI is InChI=1S/C16H20N2O2S/c1-12(2)14-6-4-8-16(10-14)18-21(19,20)11-13-5-3-7-15(17)9-13/h3-10,12,18H,11,17H2,1-2H3. The number of hydrogen-bond donors (Lipinski definition) is 2. The van der Waals surface area contributed by atoms with Crippen molar-refractivity contribution in [1.82, 2.24) is 0 Å². The van der Waals surface area contributed by atoms with E-state index in [0.29, 0.717) is 22.9 Å². The maximum atomic E-state index is 12.2. The van der Waals surface area contributed by atoms with Gasteiger partial charge < -0.3 is 5.73 Å². The molecule has 0 aliphatic carbocycles. The normalized spacial score (nSPS) is 11.6. The van der Waals surface area contributed by atoms with E-state index in [-0.39, 0.29) is 5.75 Å². The molecule has 2 rings (SSSR count). The molecule has 2 aromatic rings. The Balaban J connectivity index is 2.16. The summed E-state index contributed by atoms with van der Waals surface area (Å²) in [5.41, 5.74) is 8.58. The lowest BCUT2D eigenvalue weighted by molar-refractivity contribution is 0.600. The molecule has 5 heteroatoms. The molecular weight excluding hydrogens is 284 g/mol. The van der Waals surface area contributed by atoms with E-state index in [0.717, 1.165) is 5.56 Å². The van der Waals surface area contributed by atoms with Gasteiger partial charge in [-0.15, -0.1) is 0 Å². The molecule has 4 nitrogen and oxygen atoms in total. The van der Waals surface area contributed by atoms with Crippen LogP contribution >= 0.6 is 0 Å². The van der Waals surface area contributed by atoms with E-state index in [1.807, 2.05) is 18.2 Å². The van der Waals surface area contributed by atoms with E-state index in [4.69, 9.17) is 5.73 Å². The van der Waals surface area contributed by atoms with Crippen molar-refractivity contribution < 1.29 is 8.42 Å². The molecule has 0 heterocycles. The van der Waals surface area contributed by atoms with E-state index in [1.54, 1.807) is 30.3 Å². The molecule has 3 N–H and O–H groups in total. The lowest BCUT2D eigenvalue weighted by Gasteiger charge is -2.11. The van der Waals surface area contributed by atoms with Crippen LogP contribution in [-0.4, -0.2) is 8.42 Å². The Kier molecular flexibility index (Phi) is 4.53. The van der Waals surface area contributed by atoms with Crippen molar-refractivity contribution in [3.8, 4) is 0 Å². The molecule has 0 saturated heterocycles.